The van der Waals surface area contributed by atoms with Crippen molar-refractivity contribution in [3.8, 4) is 56.0 Å². The molecule has 0 saturated carbocycles. The maximum atomic E-state index is 9.67. The van der Waals surface area contributed by atoms with Crippen molar-refractivity contribution in [2.75, 3.05) is 26.4 Å². The maximum Gasteiger partial charge on any atom is 0.127 e. The third-order valence-corrected chi connectivity index (χ3v) is 10.6. The summed E-state index contributed by atoms with van der Waals surface area (Å²) in [5.41, 5.74) is 10.4. The number of aliphatic hydroxyl groups excluding tert-OH is 2. The summed E-state index contributed by atoms with van der Waals surface area (Å²) < 4.78 is 12.3. The normalized spacial score (nSPS) is 11.6. The molecule has 272 valence electrons. The molecule has 0 amide bonds. The molecule has 0 aliphatic heterocycles. The maximum absolute atomic E-state index is 9.67. The summed E-state index contributed by atoms with van der Waals surface area (Å²) in [6.45, 7) is 4.75. The number of hydrogen-bond acceptors (Lipinski definition) is 4. The number of fused-ring (bicyclic) bond motifs is 2. The van der Waals surface area contributed by atoms with Crippen LogP contribution in [0.3, 0.4) is 0 Å². The highest BCUT2D eigenvalue weighted by atomic mass is 16.5. The van der Waals surface area contributed by atoms with E-state index in [4.69, 9.17) is 9.47 Å². The van der Waals surface area contributed by atoms with Crippen molar-refractivity contribution in [1.82, 2.24) is 0 Å². The molecule has 0 fully saturated rings. The molecule has 0 saturated heterocycles. The van der Waals surface area contributed by atoms with Crippen molar-refractivity contribution in [3.63, 3.8) is 0 Å². The molecule has 0 aromatic heterocycles. The summed E-state index contributed by atoms with van der Waals surface area (Å²) in [5, 5.41) is 24.2. The van der Waals surface area contributed by atoms with Crippen molar-refractivity contribution in [2.24, 2.45) is 0 Å². The van der Waals surface area contributed by atoms with E-state index in [1.165, 1.54) is 21.5 Å². The Morgan fingerprint density at radius 2 is 0.782 bits per heavy atom. The number of rotatable bonds is 12. The standard InChI is InChI=1S/C51H44O4/c1-51(2,45-21-23-49(54-27-25-52)47(33-45)43-15-7-13-39(31-43)41-19-17-35-9-3-5-11-37(35)29-41)46-22-24-50(55-28-26-53)48(34-46)44-16-8-14-40(32-44)42-20-18-36-10-4-6-12-38(36)30-42/h3-24,29-34,52-53H,25-28H2,1-2H3. The van der Waals surface area contributed by atoms with E-state index in [0.29, 0.717) is 0 Å². The first-order valence-electron chi connectivity index (χ1n) is 18.9. The van der Waals surface area contributed by atoms with Crippen molar-refractivity contribution >= 4 is 21.5 Å². The van der Waals surface area contributed by atoms with Gasteiger partial charge in [0.1, 0.15) is 24.7 Å². The van der Waals surface area contributed by atoms with Gasteiger partial charge in [0.05, 0.1) is 13.2 Å². The first-order chi connectivity index (χ1) is 26.9. The smallest absolute Gasteiger partial charge is 0.127 e. The van der Waals surface area contributed by atoms with Gasteiger partial charge < -0.3 is 19.7 Å². The average Bonchev–Trinajstić information content (AvgIpc) is 3.24. The predicted octanol–water partition coefficient (Wildman–Crippen LogP) is 11.7. The zero-order valence-electron chi connectivity index (χ0n) is 31.2. The minimum Gasteiger partial charge on any atom is -0.491 e. The van der Waals surface area contributed by atoms with E-state index in [-0.39, 0.29) is 26.4 Å². The molecule has 0 heterocycles. The van der Waals surface area contributed by atoms with Crippen molar-refractivity contribution in [2.45, 2.75) is 19.3 Å². The highest BCUT2D eigenvalue weighted by Gasteiger charge is 2.26. The Hall–Kier alpha value is -6.20. The molecule has 55 heavy (non-hydrogen) atoms. The molecule has 0 aliphatic carbocycles. The van der Waals surface area contributed by atoms with Gasteiger partial charge in [0.2, 0.25) is 0 Å². The first-order valence-corrected chi connectivity index (χ1v) is 18.9. The van der Waals surface area contributed by atoms with Gasteiger partial charge in [-0.1, -0.05) is 135 Å². The molecular weight excluding hydrogens is 677 g/mol. The lowest BCUT2D eigenvalue weighted by molar-refractivity contribution is 0.202. The third kappa shape index (κ3) is 7.48. The Bertz CT molecular complexity index is 2440. The van der Waals surface area contributed by atoms with E-state index in [9.17, 15) is 10.2 Å². The lowest BCUT2D eigenvalue weighted by Crippen LogP contribution is -2.19. The van der Waals surface area contributed by atoms with Gasteiger partial charge in [-0.25, -0.2) is 0 Å². The van der Waals surface area contributed by atoms with Gasteiger partial charge >= 0.3 is 0 Å². The van der Waals surface area contributed by atoms with Crippen LogP contribution < -0.4 is 9.47 Å². The topological polar surface area (TPSA) is 58.9 Å². The van der Waals surface area contributed by atoms with Gasteiger partial charge in [-0.15, -0.1) is 0 Å². The van der Waals surface area contributed by atoms with E-state index in [0.717, 1.165) is 67.1 Å². The first kappa shape index (κ1) is 35.8. The summed E-state index contributed by atoms with van der Waals surface area (Å²) in [4.78, 5) is 0. The molecule has 0 spiro atoms. The minimum atomic E-state index is -0.416. The van der Waals surface area contributed by atoms with Crippen LogP contribution in [0.5, 0.6) is 11.5 Å². The van der Waals surface area contributed by atoms with Crippen LogP contribution in [0.4, 0.5) is 0 Å². The van der Waals surface area contributed by atoms with Crippen LogP contribution in [-0.4, -0.2) is 36.6 Å². The Balaban J connectivity index is 1.18. The number of benzene rings is 8. The fraction of sp³-hybridized carbons (Fsp3) is 0.137. The molecule has 0 aliphatic rings. The van der Waals surface area contributed by atoms with Gasteiger partial charge in [0.15, 0.2) is 0 Å². The lowest BCUT2D eigenvalue weighted by atomic mass is 9.76. The fourth-order valence-electron chi connectivity index (χ4n) is 7.49. The van der Waals surface area contributed by atoms with Crippen LogP contribution in [0.25, 0.3) is 66.1 Å². The van der Waals surface area contributed by atoms with Crippen molar-refractivity contribution in [3.05, 3.63) is 181 Å². The zero-order chi connectivity index (χ0) is 37.8. The second kappa shape index (κ2) is 15.6. The minimum absolute atomic E-state index is 0.0701. The van der Waals surface area contributed by atoms with E-state index in [1.807, 2.05) is 12.1 Å². The van der Waals surface area contributed by atoms with Gasteiger partial charge in [0, 0.05) is 16.5 Å². The molecule has 4 heteroatoms. The highest BCUT2D eigenvalue weighted by molar-refractivity contribution is 5.89. The molecular formula is C51H44O4. The zero-order valence-corrected chi connectivity index (χ0v) is 31.2. The third-order valence-electron chi connectivity index (χ3n) is 10.6. The molecule has 2 N–H and O–H groups in total. The Kier molecular flexibility index (Phi) is 10.2. The molecule has 8 aromatic carbocycles. The second-order valence-corrected chi connectivity index (χ2v) is 14.5. The molecule has 4 nitrogen and oxygen atoms in total. The number of ether oxygens (including phenoxy) is 2. The van der Waals surface area contributed by atoms with Gasteiger partial charge in [-0.3, -0.25) is 0 Å². The van der Waals surface area contributed by atoms with E-state index in [2.05, 4.69) is 172 Å². The number of hydrogen-bond donors (Lipinski definition) is 2. The van der Waals surface area contributed by atoms with E-state index in [1.54, 1.807) is 0 Å². The summed E-state index contributed by atoms with van der Waals surface area (Å²) in [7, 11) is 0. The largest absolute Gasteiger partial charge is 0.491 e. The van der Waals surface area contributed by atoms with Gasteiger partial charge in [-0.05, 0) is 115 Å². The highest BCUT2D eigenvalue weighted by Crippen LogP contribution is 2.42. The monoisotopic (exact) mass is 720 g/mol. The van der Waals surface area contributed by atoms with Crippen molar-refractivity contribution < 1.29 is 19.7 Å². The van der Waals surface area contributed by atoms with Crippen LogP contribution in [-0.2, 0) is 5.41 Å². The van der Waals surface area contributed by atoms with E-state index < -0.39 is 5.41 Å². The molecule has 0 bridgehead atoms. The van der Waals surface area contributed by atoms with Crippen LogP contribution in [0.15, 0.2) is 170 Å². The molecule has 8 rings (SSSR count). The van der Waals surface area contributed by atoms with Crippen LogP contribution >= 0.6 is 0 Å². The fourth-order valence-corrected chi connectivity index (χ4v) is 7.49. The van der Waals surface area contributed by atoms with E-state index >= 15 is 0 Å². The quantitative estimate of drug-likeness (QED) is 0.132. The second-order valence-electron chi connectivity index (χ2n) is 14.5. The summed E-state index contributed by atoms with van der Waals surface area (Å²) in [6.07, 6.45) is 0. The van der Waals surface area contributed by atoms with Crippen LogP contribution in [0.1, 0.15) is 25.0 Å². The molecule has 8 aromatic rings. The van der Waals surface area contributed by atoms with Crippen molar-refractivity contribution in [1.29, 1.82) is 0 Å². The van der Waals surface area contributed by atoms with Gasteiger partial charge in [-0.2, -0.15) is 0 Å². The molecule has 0 radical (unpaired) electrons. The Morgan fingerprint density at radius 1 is 0.382 bits per heavy atom. The Labute approximate surface area is 322 Å². The van der Waals surface area contributed by atoms with Crippen LogP contribution in [0, 0.1) is 0 Å². The molecule has 0 unspecified atom stereocenters. The van der Waals surface area contributed by atoms with Gasteiger partial charge in [0.25, 0.3) is 0 Å². The molecule has 0 atom stereocenters. The summed E-state index contributed by atoms with van der Waals surface area (Å²) in [5.74, 6) is 1.45. The predicted molar refractivity (Wildman–Crippen MR) is 227 cm³/mol. The van der Waals surface area contributed by atoms with Crippen LogP contribution in [0.2, 0.25) is 0 Å². The Morgan fingerprint density at radius 3 is 1.22 bits per heavy atom. The summed E-state index contributed by atoms with van der Waals surface area (Å²) >= 11 is 0. The average molecular weight is 721 g/mol. The lowest BCUT2D eigenvalue weighted by Gasteiger charge is -2.28. The number of aliphatic hydroxyl groups is 2. The SMILES string of the molecule is CC(C)(c1ccc(OCCO)c(-c2cccc(-c3ccc4ccccc4c3)c2)c1)c1ccc(OCCO)c(-c2cccc(-c3ccc4ccccc4c3)c2)c1. The summed E-state index contributed by atoms with van der Waals surface area (Å²) in [6, 6.07) is 59.9.